The van der Waals surface area contributed by atoms with E-state index in [9.17, 15) is 5.11 Å². The molecule has 0 saturated carbocycles. The molecule has 0 aliphatic heterocycles. The Balaban J connectivity index is 1.65. The average Bonchev–Trinajstić information content (AvgIpc) is 2.95. The summed E-state index contributed by atoms with van der Waals surface area (Å²) in [5, 5.41) is 13.3. The Labute approximate surface area is 127 Å². The predicted molar refractivity (Wildman–Crippen MR) is 87.0 cm³/mol. The minimum absolute atomic E-state index is 0.319. The van der Waals surface area contributed by atoms with E-state index in [0.717, 1.165) is 30.5 Å². The van der Waals surface area contributed by atoms with E-state index < -0.39 is 0 Å². The standard InChI is InChI=1S/C17H16N2OS/c20-13-5-6-14-11(8-13)2-1-3-15(14)19-12-4-7-16-17(9-12)21-10-18-16/h4-10,15,19-20H,1-3H2. The van der Waals surface area contributed by atoms with Gasteiger partial charge >= 0.3 is 0 Å². The lowest BCUT2D eigenvalue weighted by atomic mass is 9.87. The number of aryl methyl sites for hydroxylation is 1. The van der Waals surface area contributed by atoms with Crippen molar-refractivity contribution in [3.05, 3.63) is 53.0 Å². The van der Waals surface area contributed by atoms with E-state index in [1.54, 1.807) is 17.4 Å². The second kappa shape index (κ2) is 5.04. The van der Waals surface area contributed by atoms with Crippen molar-refractivity contribution >= 4 is 27.2 Å². The van der Waals surface area contributed by atoms with E-state index in [1.165, 1.54) is 15.8 Å². The van der Waals surface area contributed by atoms with Gasteiger partial charge in [0.15, 0.2) is 0 Å². The molecule has 1 aliphatic carbocycles. The van der Waals surface area contributed by atoms with E-state index in [-0.39, 0.29) is 0 Å². The molecule has 3 nitrogen and oxygen atoms in total. The van der Waals surface area contributed by atoms with Gasteiger partial charge in [0.25, 0.3) is 0 Å². The number of nitrogens with one attached hydrogen (secondary N) is 1. The van der Waals surface area contributed by atoms with Crippen LogP contribution in [0.4, 0.5) is 5.69 Å². The van der Waals surface area contributed by atoms with Gasteiger partial charge in [-0.15, -0.1) is 11.3 Å². The molecule has 0 fully saturated rings. The number of nitrogens with zero attached hydrogens (tertiary/aromatic N) is 1. The first kappa shape index (κ1) is 12.7. The van der Waals surface area contributed by atoms with Crippen molar-refractivity contribution in [3.63, 3.8) is 0 Å². The first-order valence-corrected chi connectivity index (χ1v) is 8.09. The summed E-state index contributed by atoms with van der Waals surface area (Å²) in [6.45, 7) is 0. The third-order valence-corrected chi connectivity index (χ3v) is 4.90. The second-order valence-electron chi connectivity index (χ2n) is 5.51. The Morgan fingerprint density at radius 2 is 2.14 bits per heavy atom. The van der Waals surface area contributed by atoms with Crippen LogP contribution in [0.2, 0.25) is 0 Å². The predicted octanol–water partition coefficient (Wildman–Crippen LogP) is 4.49. The van der Waals surface area contributed by atoms with Gasteiger partial charge in [0.1, 0.15) is 5.75 Å². The molecule has 0 radical (unpaired) electrons. The van der Waals surface area contributed by atoms with Gasteiger partial charge in [0.05, 0.1) is 21.8 Å². The van der Waals surface area contributed by atoms with Crippen LogP contribution in [0, 0.1) is 0 Å². The normalized spacial score (nSPS) is 17.6. The maximum Gasteiger partial charge on any atom is 0.115 e. The lowest BCUT2D eigenvalue weighted by Crippen LogP contribution is -2.17. The molecule has 21 heavy (non-hydrogen) atoms. The van der Waals surface area contributed by atoms with Crippen LogP contribution in [0.1, 0.15) is 30.0 Å². The second-order valence-corrected chi connectivity index (χ2v) is 6.39. The van der Waals surface area contributed by atoms with E-state index in [4.69, 9.17) is 0 Å². The minimum atomic E-state index is 0.319. The Hall–Kier alpha value is -2.07. The lowest BCUT2D eigenvalue weighted by Gasteiger charge is -2.27. The molecule has 0 amide bonds. The van der Waals surface area contributed by atoms with Gasteiger partial charge in [-0.05, 0) is 60.7 Å². The summed E-state index contributed by atoms with van der Waals surface area (Å²) in [5.74, 6) is 0.362. The molecule has 1 unspecified atom stereocenters. The Kier molecular flexibility index (Phi) is 3.04. The highest BCUT2D eigenvalue weighted by molar-refractivity contribution is 7.16. The fraction of sp³-hybridized carbons (Fsp3) is 0.235. The van der Waals surface area contributed by atoms with Gasteiger partial charge in [-0.1, -0.05) is 6.07 Å². The lowest BCUT2D eigenvalue weighted by molar-refractivity contribution is 0.472. The third-order valence-electron chi connectivity index (χ3n) is 4.11. The molecule has 3 aromatic rings. The molecule has 4 heteroatoms. The zero-order valence-corrected chi connectivity index (χ0v) is 12.4. The van der Waals surface area contributed by atoms with Crippen molar-refractivity contribution in [2.75, 3.05) is 5.32 Å². The fourth-order valence-corrected chi connectivity index (χ4v) is 3.81. The quantitative estimate of drug-likeness (QED) is 0.732. The van der Waals surface area contributed by atoms with Gasteiger partial charge in [-0.3, -0.25) is 0 Å². The molecule has 1 aliphatic rings. The van der Waals surface area contributed by atoms with E-state index in [0.29, 0.717) is 11.8 Å². The number of aromatic hydroxyl groups is 1. The maximum atomic E-state index is 9.63. The molecule has 0 spiro atoms. The molecule has 2 aromatic carbocycles. The number of anilines is 1. The smallest absolute Gasteiger partial charge is 0.115 e. The molecule has 2 N–H and O–H groups in total. The zero-order valence-electron chi connectivity index (χ0n) is 11.5. The van der Waals surface area contributed by atoms with Crippen molar-refractivity contribution in [1.82, 2.24) is 4.98 Å². The maximum absolute atomic E-state index is 9.63. The summed E-state index contributed by atoms with van der Waals surface area (Å²) < 4.78 is 1.21. The van der Waals surface area contributed by atoms with Crippen LogP contribution in [0.5, 0.6) is 5.75 Å². The van der Waals surface area contributed by atoms with Crippen molar-refractivity contribution in [3.8, 4) is 5.75 Å². The van der Waals surface area contributed by atoms with Gasteiger partial charge in [0.2, 0.25) is 0 Å². The average molecular weight is 296 g/mol. The van der Waals surface area contributed by atoms with E-state index in [1.807, 2.05) is 17.6 Å². The van der Waals surface area contributed by atoms with Crippen LogP contribution in [0.15, 0.2) is 41.9 Å². The summed E-state index contributed by atoms with van der Waals surface area (Å²) in [7, 11) is 0. The molecule has 1 heterocycles. The van der Waals surface area contributed by atoms with Crippen LogP contribution >= 0.6 is 11.3 Å². The Bertz CT molecular complexity index is 796. The Morgan fingerprint density at radius 1 is 1.19 bits per heavy atom. The van der Waals surface area contributed by atoms with Crippen molar-refractivity contribution in [1.29, 1.82) is 0 Å². The van der Waals surface area contributed by atoms with Crippen molar-refractivity contribution < 1.29 is 5.11 Å². The molecule has 0 saturated heterocycles. The fourth-order valence-electron chi connectivity index (χ4n) is 3.10. The summed E-state index contributed by atoms with van der Waals surface area (Å²) in [6.07, 6.45) is 3.32. The van der Waals surface area contributed by atoms with Crippen LogP contribution in [-0.2, 0) is 6.42 Å². The zero-order chi connectivity index (χ0) is 14.2. The molecule has 1 atom stereocenters. The number of hydrogen-bond acceptors (Lipinski definition) is 4. The molecule has 1 aromatic heterocycles. The Morgan fingerprint density at radius 3 is 3.10 bits per heavy atom. The highest BCUT2D eigenvalue weighted by Gasteiger charge is 2.20. The van der Waals surface area contributed by atoms with Crippen LogP contribution in [0.25, 0.3) is 10.2 Å². The molecular weight excluding hydrogens is 280 g/mol. The number of fused-ring (bicyclic) bond motifs is 2. The summed E-state index contributed by atoms with van der Waals surface area (Å²) >= 11 is 1.67. The number of phenolic OH excluding ortho intramolecular Hbond substituents is 1. The van der Waals surface area contributed by atoms with E-state index in [2.05, 4.69) is 28.5 Å². The number of thiazole rings is 1. The first-order chi connectivity index (χ1) is 10.3. The van der Waals surface area contributed by atoms with Crippen molar-refractivity contribution in [2.45, 2.75) is 25.3 Å². The summed E-state index contributed by atoms with van der Waals surface area (Å²) in [4.78, 5) is 4.32. The van der Waals surface area contributed by atoms with Gasteiger partial charge in [-0.2, -0.15) is 0 Å². The minimum Gasteiger partial charge on any atom is -0.508 e. The number of aromatic nitrogens is 1. The molecule has 4 rings (SSSR count). The monoisotopic (exact) mass is 296 g/mol. The highest BCUT2D eigenvalue weighted by atomic mass is 32.1. The van der Waals surface area contributed by atoms with Crippen LogP contribution in [-0.4, -0.2) is 10.1 Å². The molecule has 0 bridgehead atoms. The number of phenols is 1. The van der Waals surface area contributed by atoms with Crippen molar-refractivity contribution in [2.24, 2.45) is 0 Å². The van der Waals surface area contributed by atoms with Crippen LogP contribution in [0.3, 0.4) is 0 Å². The topological polar surface area (TPSA) is 45.1 Å². The van der Waals surface area contributed by atoms with Gasteiger partial charge in [0, 0.05) is 5.69 Å². The van der Waals surface area contributed by atoms with Gasteiger partial charge in [-0.25, -0.2) is 4.98 Å². The molecular formula is C17H16N2OS. The highest BCUT2D eigenvalue weighted by Crippen LogP contribution is 2.35. The summed E-state index contributed by atoms with van der Waals surface area (Å²) in [6, 6.07) is 12.4. The van der Waals surface area contributed by atoms with E-state index >= 15 is 0 Å². The SMILES string of the molecule is Oc1ccc2c(c1)CCCC2Nc1ccc2ncsc2c1. The largest absolute Gasteiger partial charge is 0.508 e. The number of hydrogen-bond donors (Lipinski definition) is 2. The first-order valence-electron chi connectivity index (χ1n) is 7.21. The summed E-state index contributed by atoms with van der Waals surface area (Å²) in [5.41, 5.74) is 6.64. The van der Waals surface area contributed by atoms with Crippen LogP contribution < -0.4 is 5.32 Å². The number of rotatable bonds is 2. The molecule has 106 valence electrons. The third kappa shape index (κ3) is 2.36. The van der Waals surface area contributed by atoms with Gasteiger partial charge < -0.3 is 10.4 Å². The number of benzene rings is 2.